The van der Waals surface area contributed by atoms with Gasteiger partial charge >= 0.3 is 0 Å². The maximum absolute atomic E-state index is 3.53. The van der Waals surface area contributed by atoms with Crippen molar-refractivity contribution in [3.05, 3.63) is 35.9 Å². The molecule has 0 bridgehead atoms. The smallest absolute Gasteiger partial charge is 0.0372 e. The van der Waals surface area contributed by atoms with Crippen LogP contribution >= 0.6 is 0 Å². The van der Waals surface area contributed by atoms with Gasteiger partial charge in [0, 0.05) is 6.04 Å². The molecule has 1 aromatic rings. The van der Waals surface area contributed by atoms with Crippen molar-refractivity contribution in [3.8, 4) is 0 Å². The predicted molar refractivity (Wildman–Crippen MR) is 69.4 cm³/mol. The van der Waals surface area contributed by atoms with Gasteiger partial charge in [-0.15, -0.1) is 0 Å². The van der Waals surface area contributed by atoms with Crippen molar-refractivity contribution in [1.82, 2.24) is 5.32 Å². The fourth-order valence-corrected chi connectivity index (χ4v) is 3.21. The van der Waals surface area contributed by atoms with Crippen molar-refractivity contribution in [3.63, 3.8) is 0 Å². The Bertz CT molecular complexity index is 311. The summed E-state index contributed by atoms with van der Waals surface area (Å²) in [6, 6.07) is 11.4. The fourth-order valence-electron chi connectivity index (χ4n) is 3.21. The highest BCUT2D eigenvalue weighted by Gasteiger charge is 2.35. The molecule has 0 radical (unpaired) electrons. The summed E-state index contributed by atoms with van der Waals surface area (Å²) in [5.41, 5.74) is 1.88. The van der Waals surface area contributed by atoms with E-state index in [2.05, 4.69) is 49.6 Å². The largest absolute Gasteiger partial charge is 0.313 e. The van der Waals surface area contributed by atoms with Gasteiger partial charge in [0.1, 0.15) is 0 Å². The third-order valence-electron chi connectivity index (χ3n) is 4.11. The molecule has 0 aliphatic heterocycles. The highest BCUT2D eigenvalue weighted by molar-refractivity contribution is 5.21. The van der Waals surface area contributed by atoms with E-state index in [1.807, 2.05) is 0 Å². The molecular formula is C15H23N. The van der Waals surface area contributed by atoms with E-state index >= 15 is 0 Å². The van der Waals surface area contributed by atoms with E-state index in [-0.39, 0.29) is 0 Å². The summed E-state index contributed by atoms with van der Waals surface area (Å²) < 4.78 is 0. The molecule has 16 heavy (non-hydrogen) atoms. The minimum absolute atomic E-state index is 0.439. The van der Waals surface area contributed by atoms with Crippen molar-refractivity contribution in [2.24, 2.45) is 5.41 Å². The predicted octanol–water partition coefficient (Wildman–Crippen LogP) is 3.92. The second kappa shape index (κ2) is 5.01. The van der Waals surface area contributed by atoms with Crippen LogP contribution in [0.5, 0.6) is 0 Å². The van der Waals surface area contributed by atoms with E-state index in [4.69, 9.17) is 0 Å². The van der Waals surface area contributed by atoms with Crippen LogP contribution in [0, 0.1) is 5.41 Å². The van der Waals surface area contributed by atoms with Crippen molar-refractivity contribution in [2.75, 3.05) is 7.05 Å². The molecule has 1 aromatic carbocycles. The lowest BCUT2D eigenvalue weighted by Gasteiger charge is -2.41. The van der Waals surface area contributed by atoms with Gasteiger partial charge in [0.2, 0.25) is 0 Å². The van der Waals surface area contributed by atoms with E-state index in [0.29, 0.717) is 11.5 Å². The summed E-state index contributed by atoms with van der Waals surface area (Å²) in [4.78, 5) is 0. The Morgan fingerprint density at radius 1 is 1.06 bits per heavy atom. The van der Waals surface area contributed by atoms with Crippen molar-refractivity contribution in [2.45, 2.75) is 45.1 Å². The minimum atomic E-state index is 0.439. The quantitative estimate of drug-likeness (QED) is 0.809. The van der Waals surface area contributed by atoms with Gasteiger partial charge in [-0.25, -0.2) is 0 Å². The van der Waals surface area contributed by atoms with Crippen LogP contribution in [0.4, 0.5) is 0 Å². The third kappa shape index (κ3) is 2.30. The Hall–Kier alpha value is -0.820. The first-order chi connectivity index (χ1) is 7.76. The summed E-state index contributed by atoms with van der Waals surface area (Å²) in [5, 5.41) is 3.53. The normalized spacial score (nSPS) is 21.6. The first-order valence-electron chi connectivity index (χ1n) is 6.48. The highest BCUT2D eigenvalue weighted by atomic mass is 14.9. The van der Waals surface area contributed by atoms with Crippen molar-refractivity contribution >= 4 is 0 Å². The van der Waals surface area contributed by atoms with Gasteiger partial charge in [0.25, 0.3) is 0 Å². The molecule has 0 amide bonds. The maximum Gasteiger partial charge on any atom is 0.0372 e. The molecule has 1 N–H and O–H groups in total. The molecule has 1 atom stereocenters. The zero-order chi connectivity index (χ0) is 11.4. The molecule has 1 fully saturated rings. The molecular weight excluding hydrogens is 194 g/mol. The number of hydrogen-bond acceptors (Lipinski definition) is 1. The molecule has 1 aliphatic carbocycles. The third-order valence-corrected chi connectivity index (χ3v) is 4.11. The summed E-state index contributed by atoms with van der Waals surface area (Å²) in [5.74, 6) is 0. The van der Waals surface area contributed by atoms with Crippen LogP contribution in [0.1, 0.15) is 50.6 Å². The highest BCUT2D eigenvalue weighted by Crippen LogP contribution is 2.45. The molecule has 1 nitrogen and oxygen atoms in total. The number of nitrogens with one attached hydrogen (secondary N) is 1. The van der Waals surface area contributed by atoms with E-state index in [0.717, 1.165) is 0 Å². The second-order valence-corrected chi connectivity index (χ2v) is 5.35. The topological polar surface area (TPSA) is 12.0 Å². The first kappa shape index (κ1) is 11.7. The van der Waals surface area contributed by atoms with E-state index in [1.54, 1.807) is 0 Å². The van der Waals surface area contributed by atoms with Crippen LogP contribution in [-0.4, -0.2) is 7.05 Å². The Kier molecular flexibility index (Phi) is 3.65. The zero-order valence-electron chi connectivity index (χ0n) is 10.5. The minimum Gasteiger partial charge on any atom is -0.313 e. The average Bonchev–Trinajstić information content (AvgIpc) is 2.32. The molecule has 88 valence electrons. The van der Waals surface area contributed by atoms with E-state index < -0.39 is 0 Å². The van der Waals surface area contributed by atoms with Crippen LogP contribution < -0.4 is 5.32 Å². The van der Waals surface area contributed by atoms with Gasteiger partial charge in [0.15, 0.2) is 0 Å². The molecule has 1 aliphatic rings. The van der Waals surface area contributed by atoms with Gasteiger partial charge in [-0.1, -0.05) is 56.5 Å². The number of hydrogen-bond donors (Lipinski definition) is 1. The monoisotopic (exact) mass is 217 g/mol. The standard InChI is InChI=1S/C15H23N/c1-15(11-7-4-8-12-15)14(16-2)13-9-5-3-6-10-13/h3,5-6,9-10,14,16H,4,7-8,11-12H2,1-2H3. The summed E-state index contributed by atoms with van der Waals surface area (Å²) in [6.07, 6.45) is 6.91. The van der Waals surface area contributed by atoms with Gasteiger partial charge in [-0.2, -0.15) is 0 Å². The van der Waals surface area contributed by atoms with E-state index in [9.17, 15) is 0 Å². The van der Waals surface area contributed by atoms with E-state index in [1.165, 1.54) is 37.7 Å². The van der Waals surface area contributed by atoms with Gasteiger partial charge < -0.3 is 5.32 Å². The van der Waals surface area contributed by atoms with Crippen LogP contribution in [0.15, 0.2) is 30.3 Å². The molecule has 2 rings (SSSR count). The van der Waals surface area contributed by atoms with Gasteiger partial charge in [0.05, 0.1) is 0 Å². The fraction of sp³-hybridized carbons (Fsp3) is 0.600. The number of benzene rings is 1. The number of rotatable bonds is 3. The van der Waals surface area contributed by atoms with Gasteiger partial charge in [-0.05, 0) is 30.9 Å². The SMILES string of the molecule is CNC(c1ccccc1)C1(C)CCCCC1. The Labute approximate surface area is 99.3 Å². The van der Waals surface area contributed by atoms with Crippen LogP contribution in [-0.2, 0) is 0 Å². The molecule has 0 heterocycles. The first-order valence-corrected chi connectivity index (χ1v) is 6.48. The van der Waals surface area contributed by atoms with Crippen LogP contribution in [0.3, 0.4) is 0 Å². The molecule has 0 spiro atoms. The summed E-state index contributed by atoms with van der Waals surface area (Å²) in [7, 11) is 2.09. The zero-order valence-corrected chi connectivity index (χ0v) is 10.5. The Morgan fingerprint density at radius 3 is 2.25 bits per heavy atom. The van der Waals surface area contributed by atoms with Gasteiger partial charge in [-0.3, -0.25) is 0 Å². The van der Waals surface area contributed by atoms with Crippen LogP contribution in [0.2, 0.25) is 0 Å². The lowest BCUT2D eigenvalue weighted by molar-refractivity contribution is 0.150. The lowest BCUT2D eigenvalue weighted by Crippen LogP contribution is -2.36. The Morgan fingerprint density at radius 2 is 1.69 bits per heavy atom. The summed E-state index contributed by atoms with van der Waals surface area (Å²) in [6.45, 7) is 2.44. The molecule has 1 heteroatoms. The molecule has 1 unspecified atom stereocenters. The Balaban J connectivity index is 2.21. The lowest BCUT2D eigenvalue weighted by atomic mass is 9.68. The summed E-state index contributed by atoms with van der Waals surface area (Å²) >= 11 is 0. The molecule has 0 saturated heterocycles. The molecule has 0 aromatic heterocycles. The van der Waals surface area contributed by atoms with Crippen molar-refractivity contribution < 1.29 is 0 Å². The van der Waals surface area contributed by atoms with Crippen molar-refractivity contribution in [1.29, 1.82) is 0 Å². The second-order valence-electron chi connectivity index (χ2n) is 5.35. The van der Waals surface area contributed by atoms with Crippen LogP contribution in [0.25, 0.3) is 0 Å². The molecule has 1 saturated carbocycles. The maximum atomic E-state index is 3.53. The average molecular weight is 217 g/mol.